The van der Waals surface area contributed by atoms with E-state index in [2.05, 4.69) is 15.9 Å². The van der Waals surface area contributed by atoms with E-state index in [-0.39, 0.29) is 18.0 Å². The molecule has 2 rings (SSSR count). The molecule has 1 aromatic rings. The summed E-state index contributed by atoms with van der Waals surface area (Å²) < 4.78 is 50.0. The van der Waals surface area contributed by atoms with Crippen LogP contribution in [0.5, 0.6) is 0 Å². The van der Waals surface area contributed by atoms with Crippen molar-refractivity contribution in [3.8, 4) is 0 Å². The lowest BCUT2D eigenvalue weighted by Crippen LogP contribution is -2.42. The van der Waals surface area contributed by atoms with E-state index in [1.165, 1.54) is 10.6 Å². The normalized spacial score (nSPS) is 19.1. The van der Waals surface area contributed by atoms with Crippen LogP contribution in [0.25, 0.3) is 0 Å². The van der Waals surface area contributed by atoms with Gasteiger partial charge in [0.25, 0.3) is 0 Å². The quantitative estimate of drug-likeness (QED) is 0.797. The zero-order chi connectivity index (χ0) is 15.0. The van der Waals surface area contributed by atoms with Gasteiger partial charge < -0.3 is 0 Å². The number of benzene rings is 1. The third-order valence-corrected chi connectivity index (χ3v) is 7.58. The Balaban J connectivity index is 2.15. The predicted molar refractivity (Wildman–Crippen MR) is 80.8 cm³/mol. The van der Waals surface area contributed by atoms with Gasteiger partial charge >= 0.3 is 0 Å². The fourth-order valence-corrected chi connectivity index (χ4v) is 5.06. The molecule has 112 valence electrons. The third kappa shape index (κ3) is 3.41. The van der Waals surface area contributed by atoms with Crippen LogP contribution in [0.15, 0.2) is 33.6 Å². The molecule has 5 nitrogen and oxygen atoms in total. The van der Waals surface area contributed by atoms with Gasteiger partial charge in [0.15, 0.2) is 0 Å². The summed E-state index contributed by atoms with van der Waals surface area (Å²) in [5, 5.41) is -0.432. The van der Waals surface area contributed by atoms with Crippen LogP contribution in [0.1, 0.15) is 12.8 Å². The maximum absolute atomic E-state index is 12.4. The van der Waals surface area contributed by atoms with E-state index in [4.69, 9.17) is 0 Å². The van der Waals surface area contributed by atoms with Gasteiger partial charge in [-0.1, -0.05) is 15.9 Å². The Hall–Kier alpha value is -0.440. The molecule has 1 aliphatic rings. The van der Waals surface area contributed by atoms with Crippen molar-refractivity contribution >= 4 is 35.8 Å². The SMILES string of the molecule is CS(=O)(=O)C1CCN(S(=O)(=O)c2ccc(Br)cc2)CC1. The first-order chi connectivity index (χ1) is 9.21. The molecule has 0 atom stereocenters. The minimum Gasteiger partial charge on any atom is -0.229 e. The lowest BCUT2D eigenvalue weighted by molar-refractivity contribution is 0.346. The van der Waals surface area contributed by atoms with Gasteiger partial charge in [0.2, 0.25) is 10.0 Å². The van der Waals surface area contributed by atoms with Crippen LogP contribution in [-0.2, 0) is 19.9 Å². The van der Waals surface area contributed by atoms with Crippen LogP contribution in [0, 0.1) is 0 Å². The Labute approximate surface area is 128 Å². The van der Waals surface area contributed by atoms with Gasteiger partial charge in [0, 0.05) is 23.8 Å². The van der Waals surface area contributed by atoms with E-state index < -0.39 is 25.1 Å². The Bertz CT molecular complexity index is 675. The number of hydrogen-bond donors (Lipinski definition) is 0. The molecule has 0 saturated carbocycles. The molecule has 0 aliphatic carbocycles. The lowest BCUT2D eigenvalue weighted by Gasteiger charge is -2.30. The number of rotatable bonds is 3. The maximum atomic E-state index is 12.4. The second kappa shape index (κ2) is 5.75. The van der Waals surface area contributed by atoms with Gasteiger partial charge in [-0.3, -0.25) is 0 Å². The number of sulfonamides is 1. The second-order valence-corrected chi connectivity index (χ2v) is 10.1. The molecule has 1 aromatic carbocycles. The molecule has 0 radical (unpaired) electrons. The second-order valence-electron chi connectivity index (χ2n) is 4.89. The molecule has 0 amide bonds. The van der Waals surface area contributed by atoms with Gasteiger partial charge in [-0.15, -0.1) is 0 Å². The van der Waals surface area contributed by atoms with E-state index in [0.29, 0.717) is 12.8 Å². The molecule has 0 spiro atoms. The number of nitrogens with zero attached hydrogens (tertiary/aromatic N) is 1. The van der Waals surface area contributed by atoms with Crippen molar-refractivity contribution in [1.82, 2.24) is 4.31 Å². The Morgan fingerprint density at radius 2 is 1.55 bits per heavy atom. The van der Waals surface area contributed by atoms with Gasteiger partial charge in [0.1, 0.15) is 9.84 Å². The van der Waals surface area contributed by atoms with E-state index in [0.717, 1.165) is 4.47 Å². The minimum atomic E-state index is -3.53. The first-order valence-electron chi connectivity index (χ1n) is 6.16. The molecule has 0 bridgehead atoms. The molecule has 0 N–H and O–H groups in total. The summed E-state index contributed by atoms with van der Waals surface area (Å²) in [4.78, 5) is 0.235. The van der Waals surface area contributed by atoms with Crippen LogP contribution in [0.3, 0.4) is 0 Å². The largest absolute Gasteiger partial charge is 0.243 e. The summed E-state index contributed by atoms with van der Waals surface area (Å²) >= 11 is 3.26. The first-order valence-corrected chi connectivity index (χ1v) is 10.3. The molecular weight excluding hydrogens is 366 g/mol. The molecule has 1 fully saturated rings. The Morgan fingerprint density at radius 1 is 1.05 bits per heavy atom. The predicted octanol–water partition coefficient (Wildman–Crippen LogP) is 1.65. The highest BCUT2D eigenvalue weighted by atomic mass is 79.9. The number of halogens is 1. The zero-order valence-electron chi connectivity index (χ0n) is 11.0. The maximum Gasteiger partial charge on any atom is 0.243 e. The van der Waals surface area contributed by atoms with Gasteiger partial charge in [0.05, 0.1) is 10.1 Å². The average molecular weight is 382 g/mol. The van der Waals surface area contributed by atoms with Crippen molar-refractivity contribution < 1.29 is 16.8 Å². The highest BCUT2D eigenvalue weighted by molar-refractivity contribution is 9.10. The molecule has 1 saturated heterocycles. The summed E-state index contributed by atoms with van der Waals surface area (Å²) in [6.45, 7) is 0.492. The fraction of sp³-hybridized carbons (Fsp3) is 0.500. The standard InChI is InChI=1S/C12H16BrNO4S2/c1-19(15,16)11-6-8-14(9-7-11)20(17,18)12-4-2-10(13)3-5-12/h2-5,11H,6-9H2,1H3. The van der Waals surface area contributed by atoms with Gasteiger partial charge in [-0.2, -0.15) is 4.31 Å². The smallest absolute Gasteiger partial charge is 0.229 e. The van der Waals surface area contributed by atoms with Crippen molar-refractivity contribution in [3.05, 3.63) is 28.7 Å². The van der Waals surface area contributed by atoms with E-state index in [1.54, 1.807) is 24.3 Å². The van der Waals surface area contributed by atoms with Crippen molar-refractivity contribution in [2.45, 2.75) is 23.0 Å². The Morgan fingerprint density at radius 3 is 2.00 bits per heavy atom. The molecule has 20 heavy (non-hydrogen) atoms. The van der Waals surface area contributed by atoms with Crippen LogP contribution in [0.4, 0.5) is 0 Å². The van der Waals surface area contributed by atoms with Crippen molar-refractivity contribution in [1.29, 1.82) is 0 Å². The monoisotopic (exact) mass is 381 g/mol. The lowest BCUT2D eigenvalue weighted by atomic mass is 10.2. The van der Waals surface area contributed by atoms with Crippen LogP contribution in [-0.4, -0.2) is 45.7 Å². The molecule has 0 unspecified atom stereocenters. The Kier molecular flexibility index (Phi) is 4.58. The van der Waals surface area contributed by atoms with Gasteiger partial charge in [-0.25, -0.2) is 16.8 Å². The highest BCUT2D eigenvalue weighted by Gasteiger charge is 2.32. The van der Waals surface area contributed by atoms with E-state index in [9.17, 15) is 16.8 Å². The van der Waals surface area contributed by atoms with Crippen molar-refractivity contribution in [2.75, 3.05) is 19.3 Å². The van der Waals surface area contributed by atoms with Crippen LogP contribution < -0.4 is 0 Å². The third-order valence-electron chi connectivity index (χ3n) is 3.46. The van der Waals surface area contributed by atoms with Gasteiger partial charge in [-0.05, 0) is 37.1 Å². The van der Waals surface area contributed by atoms with Crippen LogP contribution in [0.2, 0.25) is 0 Å². The summed E-state index contributed by atoms with van der Waals surface area (Å²) in [6.07, 6.45) is 1.92. The molecule has 1 heterocycles. The highest BCUT2D eigenvalue weighted by Crippen LogP contribution is 2.24. The molecule has 1 aliphatic heterocycles. The summed E-state index contributed by atoms with van der Waals surface area (Å²) in [5.41, 5.74) is 0. The first kappa shape index (κ1) is 15.9. The topological polar surface area (TPSA) is 71.5 Å². The molecule has 8 heteroatoms. The fourth-order valence-electron chi connectivity index (χ4n) is 2.26. The minimum absolute atomic E-state index is 0.235. The summed E-state index contributed by atoms with van der Waals surface area (Å²) in [7, 11) is -6.62. The molecule has 0 aromatic heterocycles. The number of piperidine rings is 1. The van der Waals surface area contributed by atoms with E-state index >= 15 is 0 Å². The zero-order valence-corrected chi connectivity index (χ0v) is 14.2. The number of hydrogen-bond acceptors (Lipinski definition) is 4. The van der Waals surface area contributed by atoms with Crippen molar-refractivity contribution in [3.63, 3.8) is 0 Å². The van der Waals surface area contributed by atoms with E-state index in [1.807, 2.05) is 0 Å². The average Bonchev–Trinajstić information content (AvgIpc) is 2.38. The summed E-state index contributed by atoms with van der Waals surface area (Å²) in [5.74, 6) is 0. The summed E-state index contributed by atoms with van der Waals surface area (Å²) in [6, 6.07) is 6.44. The molecular formula is C12H16BrNO4S2. The number of sulfone groups is 1. The van der Waals surface area contributed by atoms with Crippen LogP contribution >= 0.6 is 15.9 Å². The van der Waals surface area contributed by atoms with Crippen molar-refractivity contribution in [2.24, 2.45) is 0 Å².